The zero-order valence-corrected chi connectivity index (χ0v) is 39.4. The lowest BCUT2D eigenvalue weighted by Gasteiger charge is -2.17. The first kappa shape index (κ1) is 54.6. The average molecular weight is 997 g/mol. The van der Waals surface area contributed by atoms with Gasteiger partial charge in [-0.3, -0.25) is 4.79 Å². The summed E-state index contributed by atoms with van der Waals surface area (Å²) in [5.74, 6) is -1.67. The molecule has 4 atom stereocenters. The topological polar surface area (TPSA) is 247 Å². The molecule has 2 heterocycles. The maximum Gasteiger partial charge on any atom is 0.513 e. The van der Waals surface area contributed by atoms with Crippen molar-refractivity contribution in [2.24, 2.45) is 0 Å². The Kier molecular flexibility index (Phi) is 21.5. The number of unbranched alkanes of at least 4 members (excludes halogenated alkanes) is 2. The van der Waals surface area contributed by atoms with E-state index in [0.29, 0.717) is 48.3 Å². The normalized spacial score (nSPS) is 16.1. The van der Waals surface area contributed by atoms with Gasteiger partial charge >= 0.3 is 42.2 Å². The predicted molar refractivity (Wildman–Crippen MR) is 250 cm³/mol. The summed E-state index contributed by atoms with van der Waals surface area (Å²) in [6.45, 7) is 8.84. The van der Waals surface area contributed by atoms with Crippen LogP contribution in [-0.2, 0) is 47.5 Å². The molecule has 6 rings (SSSR count). The monoisotopic (exact) mass is 996 g/mol. The van der Waals surface area contributed by atoms with E-state index < -0.39 is 66.6 Å². The molecule has 0 N–H and O–H groups in total. The summed E-state index contributed by atoms with van der Waals surface area (Å²) in [7, 11) is 1.53. The van der Waals surface area contributed by atoms with Gasteiger partial charge in [-0.25, -0.2) is 33.6 Å². The Morgan fingerprint density at radius 3 is 1.17 bits per heavy atom. The number of ketones is 1. The zero-order chi connectivity index (χ0) is 51.8. The van der Waals surface area contributed by atoms with Crippen LogP contribution in [-0.4, -0.2) is 119 Å². The molecular formula is C52H52O20. The Hall–Kier alpha value is -8.36. The van der Waals surface area contributed by atoms with Gasteiger partial charge in [0.25, 0.3) is 0 Å². The number of hydrogen-bond acceptors (Lipinski definition) is 20. The van der Waals surface area contributed by atoms with Gasteiger partial charge in [-0.1, -0.05) is 13.2 Å². The molecule has 3 unspecified atom stereocenters. The van der Waals surface area contributed by atoms with Crippen LogP contribution < -0.4 is 18.9 Å². The van der Waals surface area contributed by atoms with E-state index in [0.717, 1.165) is 12.2 Å². The summed E-state index contributed by atoms with van der Waals surface area (Å²) in [6.07, 6.45) is -0.105. The number of esters is 5. The molecule has 2 fully saturated rings. The number of methoxy groups -OCH3 is 1. The van der Waals surface area contributed by atoms with Crippen molar-refractivity contribution in [2.45, 2.75) is 57.0 Å². The van der Waals surface area contributed by atoms with E-state index in [2.05, 4.69) is 13.2 Å². The number of ether oxygens (including phenoxy) is 12. The van der Waals surface area contributed by atoms with E-state index in [4.69, 9.17) is 56.8 Å². The van der Waals surface area contributed by atoms with Gasteiger partial charge in [-0.2, -0.15) is 0 Å². The highest BCUT2D eigenvalue weighted by molar-refractivity contribution is 5.94. The second kappa shape index (κ2) is 28.3. The lowest BCUT2D eigenvalue weighted by atomic mass is 10.1. The van der Waals surface area contributed by atoms with Crippen LogP contribution >= 0.6 is 0 Å². The van der Waals surface area contributed by atoms with Crippen molar-refractivity contribution in [3.63, 3.8) is 0 Å². The Labute approximate surface area is 413 Å². The van der Waals surface area contributed by atoms with Gasteiger partial charge in [0.15, 0.2) is 18.0 Å². The molecule has 0 bridgehead atoms. The minimum Gasteiger partial charge on any atom is -0.497 e. The van der Waals surface area contributed by atoms with E-state index in [1.165, 1.54) is 74.7 Å². The number of Topliss-reactive ketones (excluding diaryl/α,β-unsaturated/α-hetero) is 1. The number of hydrogen-bond donors (Lipinski definition) is 0. The molecule has 4 aromatic rings. The van der Waals surface area contributed by atoms with Crippen molar-refractivity contribution in [2.75, 3.05) is 46.8 Å². The molecule has 2 saturated heterocycles. The van der Waals surface area contributed by atoms with E-state index in [1.54, 1.807) is 36.4 Å². The fourth-order valence-corrected chi connectivity index (χ4v) is 6.45. The average Bonchev–Trinajstić information content (AvgIpc) is 3.98. The molecule has 0 saturated carbocycles. The van der Waals surface area contributed by atoms with Crippen molar-refractivity contribution >= 4 is 47.9 Å². The van der Waals surface area contributed by atoms with Crippen LogP contribution in [0.2, 0.25) is 0 Å². The van der Waals surface area contributed by atoms with Gasteiger partial charge in [0.1, 0.15) is 35.2 Å². The molecule has 2 aliphatic heterocycles. The first-order valence-corrected chi connectivity index (χ1v) is 22.4. The van der Waals surface area contributed by atoms with E-state index in [-0.39, 0.29) is 68.1 Å². The fraction of sp³-hybridized carbons (Fsp3) is 0.308. The van der Waals surface area contributed by atoms with Crippen molar-refractivity contribution in [1.29, 1.82) is 0 Å². The minimum atomic E-state index is -0.923. The molecule has 0 spiro atoms. The highest BCUT2D eigenvalue weighted by atomic mass is 16.7. The SMILES string of the molecule is C=CC(=O)OCCCCOC(=O)Oc1ccc(C(=O)Oc2ccc(C(=O)O[C@@H]3COC4C(OC(=O)c5ccc(OC)cc5)COC43)cc2)cc1.C=CC(=O)OCCCCOC(=O)Oc1ccc(C(C)=O)cc1. The fourth-order valence-electron chi connectivity index (χ4n) is 6.45. The summed E-state index contributed by atoms with van der Waals surface area (Å²) >= 11 is 0. The molecule has 2 aliphatic rings. The second-order valence-corrected chi connectivity index (χ2v) is 15.3. The molecule has 20 heteroatoms. The summed E-state index contributed by atoms with van der Waals surface area (Å²) in [5.41, 5.74) is 1.28. The summed E-state index contributed by atoms with van der Waals surface area (Å²) in [4.78, 5) is 94.3. The van der Waals surface area contributed by atoms with Crippen LogP contribution in [0.25, 0.3) is 0 Å². The highest BCUT2D eigenvalue weighted by Gasteiger charge is 2.51. The quantitative estimate of drug-likeness (QED) is 0.0141. The molecule has 0 radical (unpaired) electrons. The van der Waals surface area contributed by atoms with Crippen molar-refractivity contribution in [3.05, 3.63) is 145 Å². The Morgan fingerprint density at radius 2 is 0.806 bits per heavy atom. The maximum atomic E-state index is 12.9. The number of fused-ring (bicyclic) bond motifs is 1. The Balaban J connectivity index is 0.000000367. The molecule has 0 aliphatic carbocycles. The van der Waals surface area contributed by atoms with Crippen LogP contribution in [0.5, 0.6) is 23.0 Å². The minimum absolute atomic E-state index is 0.0636. The molecule has 380 valence electrons. The third kappa shape index (κ3) is 17.6. The standard InChI is InChI=1S/C36H34O14.C16H18O6/c1-3-30(37)43-18-4-5-19-44-36(41)48-27-16-10-22(11-17-27)33(38)47-26-14-8-24(9-15-26)35(40)50-29-21-46-31-28(20-45-32(29)31)49-34(39)23-6-12-25(42-2)13-7-23;1-3-15(18)20-10-4-5-11-21-16(19)22-14-8-6-13(7-9-14)12(2)17/h3,6-17,28-29,31-32H,1,4-5,18-21H2,2H3;3,6-9H,1,4-5,10-11H2,2H3/t28?,29-,31?,32?;/m1./s1. The number of carbonyl (C=O) groups excluding carboxylic acids is 8. The van der Waals surface area contributed by atoms with Crippen molar-refractivity contribution < 1.29 is 95.2 Å². The van der Waals surface area contributed by atoms with Crippen molar-refractivity contribution in [3.8, 4) is 23.0 Å². The zero-order valence-electron chi connectivity index (χ0n) is 39.4. The van der Waals surface area contributed by atoms with E-state index in [1.807, 2.05) is 0 Å². The third-order valence-electron chi connectivity index (χ3n) is 10.2. The predicted octanol–water partition coefficient (Wildman–Crippen LogP) is 7.40. The molecule has 0 aromatic heterocycles. The maximum absolute atomic E-state index is 12.9. The highest BCUT2D eigenvalue weighted by Crippen LogP contribution is 2.32. The van der Waals surface area contributed by atoms with E-state index in [9.17, 15) is 38.4 Å². The number of carbonyl (C=O) groups is 8. The Bertz CT molecular complexity index is 2500. The van der Waals surface area contributed by atoms with Crippen LogP contribution in [0.1, 0.15) is 74.0 Å². The second-order valence-electron chi connectivity index (χ2n) is 15.3. The summed E-state index contributed by atoms with van der Waals surface area (Å²) in [6, 6.07) is 24.1. The van der Waals surface area contributed by atoms with Gasteiger partial charge in [0.2, 0.25) is 0 Å². The van der Waals surface area contributed by atoms with Gasteiger partial charge in [-0.05, 0) is 130 Å². The molecular weight excluding hydrogens is 945 g/mol. The summed E-state index contributed by atoms with van der Waals surface area (Å²) < 4.78 is 62.8. The van der Waals surface area contributed by atoms with Crippen molar-refractivity contribution in [1.82, 2.24) is 0 Å². The van der Waals surface area contributed by atoms with Gasteiger partial charge in [0.05, 0.1) is 63.4 Å². The largest absolute Gasteiger partial charge is 0.513 e. The van der Waals surface area contributed by atoms with Crippen LogP contribution in [0.3, 0.4) is 0 Å². The van der Waals surface area contributed by atoms with E-state index >= 15 is 0 Å². The van der Waals surface area contributed by atoms with Crippen LogP contribution in [0.15, 0.2) is 122 Å². The third-order valence-corrected chi connectivity index (χ3v) is 10.2. The number of rotatable bonds is 22. The number of benzene rings is 4. The van der Waals surface area contributed by atoms with Gasteiger partial charge in [-0.15, -0.1) is 0 Å². The van der Waals surface area contributed by atoms with Crippen LogP contribution in [0, 0.1) is 0 Å². The summed E-state index contributed by atoms with van der Waals surface area (Å²) in [5, 5.41) is 0. The first-order valence-electron chi connectivity index (χ1n) is 22.4. The van der Waals surface area contributed by atoms with Gasteiger partial charge < -0.3 is 56.8 Å². The lowest BCUT2D eigenvalue weighted by Crippen LogP contribution is -2.36. The Morgan fingerprint density at radius 1 is 0.472 bits per heavy atom. The molecule has 72 heavy (non-hydrogen) atoms. The van der Waals surface area contributed by atoms with Crippen LogP contribution in [0.4, 0.5) is 9.59 Å². The lowest BCUT2D eigenvalue weighted by molar-refractivity contribution is -0.138. The first-order chi connectivity index (χ1) is 34.8. The smallest absolute Gasteiger partial charge is 0.497 e. The molecule has 20 nitrogen and oxygen atoms in total. The van der Waals surface area contributed by atoms with Gasteiger partial charge in [0, 0.05) is 17.7 Å². The molecule has 4 aromatic carbocycles. The molecule has 0 amide bonds.